The van der Waals surface area contributed by atoms with Crippen molar-refractivity contribution in [2.45, 2.75) is 39.3 Å². The number of carbonyl (C=O) groups excluding carboxylic acids is 2. The number of rotatable bonds is 7. The van der Waals surface area contributed by atoms with E-state index >= 15 is 0 Å². The molecule has 0 aliphatic carbocycles. The number of piperidine rings is 1. The minimum atomic E-state index is 0.0571. The summed E-state index contributed by atoms with van der Waals surface area (Å²) in [5.74, 6) is 0.407. The standard InChI is InChI=1S/C23H29N5O2/c1-18-13-20-6-2-3-7-21(20)28(18)16-23(30)27-10-4-5-19(15-27)14-22(29)25-9-12-26-11-8-24-17-26/h2-3,6-8,11,13,17,19H,4-5,9-10,12,14-16H2,1H3,(H,25,29). The van der Waals surface area contributed by atoms with Crippen LogP contribution in [-0.4, -0.2) is 50.5 Å². The summed E-state index contributed by atoms with van der Waals surface area (Å²) >= 11 is 0. The van der Waals surface area contributed by atoms with Crippen molar-refractivity contribution in [1.82, 2.24) is 24.3 Å². The number of aryl methyl sites for hydroxylation is 1. The lowest BCUT2D eigenvalue weighted by Gasteiger charge is -2.33. The first-order valence-electron chi connectivity index (χ1n) is 10.7. The molecule has 1 unspecified atom stereocenters. The molecule has 3 heterocycles. The van der Waals surface area contributed by atoms with Crippen LogP contribution in [0.15, 0.2) is 49.1 Å². The smallest absolute Gasteiger partial charge is 0.242 e. The Morgan fingerprint density at radius 1 is 1.27 bits per heavy atom. The summed E-state index contributed by atoms with van der Waals surface area (Å²) in [5.41, 5.74) is 2.18. The highest BCUT2D eigenvalue weighted by molar-refractivity contribution is 5.84. The fourth-order valence-electron chi connectivity index (χ4n) is 4.33. The van der Waals surface area contributed by atoms with Gasteiger partial charge in [0, 0.05) is 56.2 Å². The van der Waals surface area contributed by atoms with Crippen molar-refractivity contribution in [3.63, 3.8) is 0 Å². The number of nitrogens with one attached hydrogen (secondary N) is 1. The molecule has 1 aliphatic rings. The van der Waals surface area contributed by atoms with Crippen molar-refractivity contribution in [2.24, 2.45) is 5.92 Å². The number of hydrogen-bond acceptors (Lipinski definition) is 3. The number of benzene rings is 1. The number of imidazole rings is 1. The highest BCUT2D eigenvalue weighted by atomic mass is 16.2. The molecule has 1 aromatic carbocycles. The van der Waals surface area contributed by atoms with E-state index in [1.807, 2.05) is 34.7 Å². The maximum absolute atomic E-state index is 13.0. The number of carbonyl (C=O) groups is 2. The van der Waals surface area contributed by atoms with Crippen LogP contribution in [0.25, 0.3) is 10.9 Å². The minimum absolute atomic E-state index is 0.0571. The van der Waals surface area contributed by atoms with E-state index in [0.717, 1.165) is 36.0 Å². The second-order valence-corrected chi connectivity index (χ2v) is 8.13. The fraction of sp³-hybridized carbons (Fsp3) is 0.435. The number of fused-ring (bicyclic) bond motifs is 1. The van der Waals surface area contributed by atoms with Crippen LogP contribution in [0, 0.1) is 12.8 Å². The lowest BCUT2D eigenvalue weighted by Crippen LogP contribution is -2.43. The van der Waals surface area contributed by atoms with Gasteiger partial charge < -0.3 is 19.4 Å². The largest absolute Gasteiger partial charge is 0.354 e. The monoisotopic (exact) mass is 407 g/mol. The van der Waals surface area contributed by atoms with E-state index < -0.39 is 0 Å². The molecular weight excluding hydrogens is 378 g/mol. The molecule has 1 N–H and O–H groups in total. The zero-order valence-corrected chi connectivity index (χ0v) is 17.5. The van der Waals surface area contributed by atoms with Gasteiger partial charge in [0.2, 0.25) is 11.8 Å². The summed E-state index contributed by atoms with van der Waals surface area (Å²) in [5, 5.41) is 4.14. The summed E-state index contributed by atoms with van der Waals surface area (Å²) in [7, 11) is 0. The first-order chi connectivity index (χ1) is 14.6. The Labute approximate surface area is 176 Å². The molecular formula is C23H29N5O2. The Kier molecular flexibility index (Phi) is 6.16. The van der Waals surface area contributed by atoms with Crippen LogP contribution < -0.4 is 5.32 Å². The van der Waals surface area contributed by atoms with Gasteiger partial charge in [-0.15, -0.1) is 0 Å². The normalized spacial score (nSPS) is 16.7. The highest BCUT2D eigenvalue weighted by Gasteiger charge is 2.25. The van der Waals surface area contributed by atoms with Gasteiger partial charge in [0.15, 0.2) is 0 Å². The first-order valence-corrected chi connectivity index (χ1v) is 10.7. The Bertz CT molecular complexity index is 1010. The molecule has 1 atom stereocenters. The van der Waals surface area contributed by atoms with Gasteiger partial charge in [-0.25, -0.2) is 4.98 Å². The van der Waals surface area contributed by atoms with Crippen molar-refractivity contribution in [3.8, 4) is 0 Å². The predicted molar refractivity (Wildman–Crippen MR) is 116 cm³/mol. The molecule has 0 bridgehead atoms. The number of hydrogen-bond donors (Lipinski definition) is 1. The molecule has 7 heteroatoms. The van der Waals surface area contributed by atoms with Gasteiger partial charge >= 0.3 is 0 Å². The van der Waals surface area contributed by atoms with E-state index in [4.69, 9.17) is 0 Å². The van der Waals surface area contributed by atoms with E-state index in [0.29, 0.717) is 32.6 Å². The number of para-hydroxylation sites is 1. The summed E-state index contributed by atoms with van der Waals surface area (Å²) in [6.45, 7) is 5.13. The molecule has 1 fully saturated rings. The maximum atomic E-state index is 13.0. The van der Waals surface area contributed by atoms with Crippen LogP contribution >= 0.6 is 0 Å². The summed E-state index contributed by atoms with van der Waals surface area (Å²) < 4.78 is 4.03. The molecule has 4 rings (SSSR count). The number of aromatic nitrogens is 3. The zero-order chi connectivity index (χ0) is 20.9. The second-order valence-electron chi connectivity index (χ2n) is 8.13. The third-order valence-corrected chi connectivity index (χ3v) is 5.91. The third-order valence-electron chi connectivity index (χ3n) is 5.91. The first kappa shape index (κ1) is 20.2. The van der Waals surface area contributed by atoms with E-state index in [-0.39, 0.29) is 17.7 Å². The van der Waals surface area contributed by atoms with Crippen molar-refractivity contribution in [2.75, 3.05) is 19.6 Å². The van der Waals surface area contributed by atoms with Gasteiger partial charge in [0.25, 0.3) is 0 Å². The van der Waals surface area contributed by atoms with Gasteiger partial charge in [-0.05, 0) is 43.2 Å². The molecule has 1 aliphatic heterocycles. The number of nitrogens with zero attached hydrogens (tertiary/aromatic N) is 4. The SMILES string of the molecule is Cc1cc2ccccc2n1CC(=O)N1CCCC(CC(=O)NCCn2ccnc2)C1. The van der Waals surface area contributed by atoms with Crippen LogP contribution in [0.2, 0.25) is 0 Å². The molecule has 0 spiro atoms. The molecule has 3 aromatic rings. The predicted octanol–water partition coefficient (Wildman–Crippen LogP) is 2.59. The van der Waals surface area contributed by atoms with Crippen LogP contribution in [-0.2, 0) is 22.7 Å². The summed E-state index contributed by atoms with van der Waals surface area (Å²) in [6.07, 6.45) is 7.76. The molecule has 0 saturated carbocycles. The summed E-state index contributed by atoms with van der Waals surface area (Å²) in [4.78, 5) is 31.2. The number of likely N-dealkylation sites (tertiary alicyclic amines) is 1. The van der Waals surface area contributed by atoms with Crippen molar-refractivity contribution in [3.05, 3.63) is 54.7 Å². The highest BCUT2D eigenvalue weighted by Crippen LogP contribution is 2.22. The Morgan fingerprint density at radius 2 is 2.13 bits per heavy atom. The van der Waals surface area contributed by atoms with Crippen molar-refractivity contribution in [1.29, 1.82) is 0 Å². The lowest BCUT2D eigenvalue weighted by molar-refractivity contribution is -0.134. The summed E-state index contributed by atoms with van der Waals surface area (Å²) in [6, 6.07) is 10.3. The quantitative estimate of drug-likeness (QED) is 0.654. The van der Waals surface area contributed by atoms with Crippen molar-refractivity contribution >= 4 is 22.7 Å². The molecule has 158 valence electrons. The van der Waals surface area contributed by atoms with Gasteiger partial charge in [-0.3, -0.25) is 9.59 Å². The van der Waals surface area contributed by atoms with Crippen LogP contribution in [0.4, 0.5) is 0 Å². The Morgan fingerprint density at radius 3 is 2.97 bits per heavy atom. The zero-order valence-electron chi connectivity index (χ0n) is 17.5. The van der Waals surface area contributed by atoms with E-state index in [2.05, 4.69) is 33.1 Å². The van der Waals surface area contributed by atoms with Gasteiger partial charge in [0.05, 0.1) is 6.33 Å². The maximum Gasteiger partial charge on any atom is 0.242 e. The van der Waals surface area contributed by atoms with Crippen LogP contribution in [0.3, 0.4) is 0 Å². The van der Waals surface area contributed by atoms with Crippen LogP contribution in [0.5, 0.6) is 0 Å². The lowest BCUT2D eigenvalue weighted by atomic mass is 9.94. The average Bonchev–Trinajstić information content (AvgIpc) is 3.36. The third kappa shape index (κ3) is 4.72. The van der Waals surface area contributed by atoms with Crippen molar-refractivity contribution < 1.29 is 9.59 Å². The molecule has 2 amide bonds. The molecule has 2 aromatic heterocycles. The Hall–Kier alpha value is -3.09. The van der Waals surface area contributed by atoms with E-state index in [1.165, 1.54) is 0 Å². The Balaban J connectivity index is 1.29. The minimum Gasteiger partial charge on any atom is -0.354 e. The second kappa shape index (κ2) is 9.15. The molecule has 1 saturated heterocycles. The topological polar surface area (TPSA) is 72.2 Å². The number of amides is 2. The molecule has 30 heavy (non-hydrogen) atoms. The van der Waals surface area contributed by atoms with Crippen LogP contribution in [0.1, 0.15) is 25.0 Å². The average molecular weight is 408 g/mol. The van der Waals surface area contributed by atoms with Gasteiger partial charge in [-0.1, -0.05) is 18.2 Å². The fourth-order valence-corrected chi connectivity index (χ4v) is 4.33. The van der Waals surface area contributed by atoms with E-state index in [9.17, 15) is 9.59 Å². The van der Waals surface area contributed by atoms with Gasteiger partial charge in [0.1, 0.15) is 6.54 Å². The van der Waals surface area contributed by atoms with E-state index in [1.54, 1.807) is 12.5 Å². The molecule has 7 nitrogen and oxygen atoms in total. The van der Waals surface area contributed by atoms with Gasteiger partial charge in [-0.2, -0.15) is 0 Å². The molecule has 0 radical (unpaired) electrons.